The van der Waals surface area contributed by atoms with Crippen LogP contribution in [0.1, 0.15) is 37.3 Å². The first-order chi connectivity index (χ1) is 17.2. The molecule has 0 aliphatic carbocycles. The summed E-state index contributed by atoms with van der Waals surface area (Å²) in [7, 11) is 0. The van der Waals surface area contributed by atoms with Crippen molar-refractivity contribution in [1.29, 1.82) is 0 Å². The molecule has 1 N–H and O–H groups in total. The Morgan fingerprint density at radius 2 is 2.00 bits per heavy atom. The van der Waals surface area contributed by atoms with Gasteiger partial charge in [0.25, 0.3) is 5.91 Å². The molecular formula is C25H20BrF3N4O2S. The zero-order valence-corrected chi connectivity index (χ0v) is 21.4. The van der Waals surface area contributed by atoms with Gasteiger partial charge in [-0.3, -0.25) is 10.1 Å². The van der Waals surface area contributed by atoms with Crippen LogP contribution in [-0.2, 0) is 11.0 Å². The van der Waals surface area contributed by atoms with E-state index in [-0.39, 0.29) is 17.2 Å². The molecule has 3 heterocycles. The molecule has 2 aliphatic heterocycles. The maximum atomic E-state index is 13.2. The second-order valence-corrected chi connectivity index (χ2v) is 10.2. The molecule has 0 saturated heterocycles. The molecule has 1 atom stereocenters. The minimum Gasteiger partial charge on any atom is -0.457 e. The molecule has 0 spiro atoms. The standard InChI is InChI=1S/C25H20BrF3N4O2S/c1-2-3-11-36-24-31-23(34)21-17-13-16(26)7-8-18(17)30-22(33(21)32-24)20-10-9-19(35-20)14-5-4-6-15(12-14)25(27,28)29/h4-10,12-13,22H,2-3,11H2,1H3,(H,31,32,34). The number of amidine groups is 1. The minimum absolute atomic E-state index is 0.262. The van der Waals surface area contributed by atoms with Crippen LogP contribution in [0.15, 0.2) is 73.6 Å². The molecule has 186 valence electrons. The minimum atomic E-state index is -4.46. The van der Waals surface area contributed by atoms with E-state index in [1.807, 2.05) is 6.07 Å². The lowest BCUT2D eigenvalue weighted by molar-refractivity contribution is -0.137. The van der Waals surface area contributed by atoms with E-state index in [1.54, 1.807) is 30.3 Å². The maximum absolute atomic E-state index is 13.2. The number of benzene rings is 2. The summed E-state index contributed by atoms with van der Waals surface area (Å²) in [4.78, 5) is 18.0. The van der Waals surface area contributed by atoms with Crippen molar-refractivity contribution in [3.63, 3.8) is 0 Å². The molecule has 1 unspecified atom stereocenters. The van der Waals surface area contributed by atoms with E-state index in [0.29, 0.717) is 27.2 Å². The van der Waals surface area contributed by atoms with Crippen molar-refractivity contribution >= 4 is 44.5 Å². The molecule has 5 rings (SSSR count). The smallest absolute Gasteiger partial charge is 0.416 e. The molecule has 1 amide bonds. The molecule has 6 nitrogen and oxygen atoms in total. The number of nitrogens with one attached hydrogen (secondary N) is 1. The van der Waals surface area contributed by atoms with Crippen LogP contribution in [0, 0.1) is 0 Å². The third kappa shape index (κ3) is 4.81. The fraction of sp³-hybridized carbons (Fsp3) is 0.240. The normalized spacial score (nSPS) is 17.2. The van der Waals surface area contributed by atoms with Crippen molar-refractivity contribution in [2.45, 2.75) is 32.1 Å². The Balaban J connectivity index is 1.58. The average molecular weight is 577 g/mol. The lowest BCUT2D eigenvalue weighted by Crippen LogP contribution is -2.50. The first-order valence-electron chi connectivity index (χ1n) is 11.2. The van der Waals surface area contributed by atoms with Crippen LogP contribution < -0.4 is 15.9 Å². The topological polar surface area (TPSA) is 70.2 Å². The number of thioether (sulfide) groups is 1. The number of hydrogen-bond donors (Lipinski definition) is 1. The Morgan fingerprint density at radius 1 is 1.17 bits per heavy atom. The number of amides is 1. The first-order valence-corrected chi connectivity index (χ1v) is 13.0. The quantitative estimate of drug-likeness (QED) is 0.413. The first kappa shape index (κ1) is 24.6. The van der Waals surface area contributed by atoms with Gasteiger partial charge >= 0.3 is 6.18 Å². The van der Waals surface area contributed by atoms with Crippen LogP contribution in [0.25, 0.3) is 17.0 Å². The third-order valence-corrected chi connectivity index (χ3v) is 7.11. The summed E-state index contributed by atoms with van der Waals surface area (Å²) in [6, 6.07) is 13.6. The van der Waals surface area contributed by atoms with E-state index in [1.165, 1.54) is 22.8 Å². The van der Waals surface area contributed by atoms with Crippen LogP contribution in [-0.4, -0.2) is 21.8 Å². The van der Waals surface area contributed by atoms with Crippen molar-refractivity contribution in [2.24, 2.45) is 10.1 Å². The predicted octanol–water partition coefficient (Wildman–Crippen LogP) is 5.40. The summed E-state index contributed by atoms with van der Waals surface area (Å²) in [6.07, 6.45) is -3.29. The lowest BCUT2D eigenvalue weighted by Gasteiger charge is -2.32. The Labute approximate surface area is 217 Å². The fourth-order valence-electron chi connectivity index (χ4n) is 3.91. The molecule has 0 saturated carbocycles. The monoisotopic (exact) mass is 576 g/mol. The third-order valence-electron chi connectivity index (χ3n) is 5.66. The number of hydrogen-bond acceptors (Lipinski definition) is 6. The molecule has 2 aromatic carbocycles. The number of carbonyl (C=O) groups is 1. The summed E-state index contributed by atoms with van der Waals surface area (Å²) in [5.74, 6) is 1.10. The van der Waals surface area contributed by atoms with Gasteiger partial charge < -0.3 is 4.42 Å². The van der Waals surface area contributed by atoms with Crippen molar-refractivity contribution in [1.82, 2.24) is 10.3 Å². The van der Waals surface area contributed by atoms with Crippen molar-refractivity contribution in [2.75, 3.05) is 5.75 Å². The van der Waals surface area contributed by atoms with Gasteiger partial charge in [-0.15, -0.1) is 5.10 Å². The number of unbranched alkanes of at least 4 members (excludes halogenated alkanes) is 1. The number of halogens is 4. The number of nitrogens with zero attached hydrogens (tertiary/aromatic N) is 3. The van der Waals surface area contributed by atoms with E-state index in [2.05, 4.69) is 33.3 Å². The highest BCUT2D eigenvalue weighted by Gasteiger charge is 2.36. The summed E-state index contributed by atoms with van der Waals surface area (Å²) in [5, 5.41) is 10.7. The summed E-state index contributed by atoms with van der Waals surface area (Å²) in [5.41, 5.74) is -0.152. The van der Waals surface area contributed by atoms with Crippen LogP contribution in [0.2, 0.25) is 0 Å². The van der Waals surface area contributed by atoms with Crippen LogP contribution in [0.5, 0.6) is 0 Å². The van der Waals surface area contributed by atoms with Gasteiger partial charge in [0.1, 0.15) is 11.5 Å². The van der Waals surface area contributed by atoms with Gasteiger partial charge in [0.05, 0.1) is 10.9 Å². The summed E-state index contributed by atoms with van der Waals surface area (Å²) in [6.45, 7) is 2.08. The highest BCUT2D eigenvalue weighted by molar-refractivity contribution is 9.10. The number of rotatable bonds is 5. The van der Waals surface area contributed by atoms with Crippen molar-refractivity contribution < 1.29 is 22.4 Å². The molecule has 2 aliphatic rings. The number of fused-ring (bicyclic) bond motifs is 2. The molecule has 0 radical (unpaired) electrons. The SMILES string of the molecule is CCCCSC1=NN2C(=c3cc(Br)ccc3=NC2c2ccc(-c3cccc(C(F)(F)F)c3)o2)C(=O)N1. The number of carbonyl (C=O) groups excluding carboxylic acids is 1. The molecule has 3 aromatic rings. The molecule has 11 heteroatoms. The number of hydrazone groups is 1. The molecule has 36 heavy (non-hydrogen) atoms. The Morgan fingerprint density at radius 3 is 2.78 bits per heavy atom. The van der Waals surface area contributed by atoms with Gasteiger partial charge in [0.15, 0.2) is 10.9 Å². The van der Waals surface area contributed by atoms with Gasteiger partial charge in [-0.2, -0.15) is 13.2 Å². The van der Waals surface area contributed by atoms with E-state index in [9.17, 15) is 18.0 Å². The fourth-order valence-corrected chi connectivity index (χ4v) is 5.21. The molecule has 0 bridgehead atoms. The van der Waals surface area contributed by atoms with E-state index in [0.717, 1.165) is 35.2 Å². The Kier molecular flexibility index (Phi) is 6.69. The largest absolute Gasteiger partial charge is 0.457 e. The Bertz CT molecular complexity index is 1480. The van der Waals surface area contributed by atoms with Gasteiger partial charge in [-0.05, 0) is 48.9 Å². The van der Waals surface area contributed by atoms with Gasteiger partial charge in [-0.1, -0.05) is 53.2 Å². The Hall–Kier alpha value is -3.05. The summed E-state index contributed by atoms with van der Waals surface area (Å²) >= 11 is 4.89. The van der Waals surface area contributed by atoms with Gasteiger partial charge in [-0.25, -0.2) is 10.0 Å². The highest BCUT2D eigenvalue weighted by atomic mass is 79.9. The van der Waals surface area contributed by atoms with Gasteiger partial charge in [0.2, 0.25) is 6.17 Å². The zero-order valence-electron chi connectivity index (χ0n) is 19.0. The maximum Gasteiger partial charge on any atom is 0.416 e. The molecule has 1 aromatic heterocycles. The average Bonchev–Trinajstić information content (AvgIpc) is 3.33. The zero-order chi connectivity index (χ0) is 25.4. The van der Waals surface area contributed by atoms with Gasteiger partial charge in [0, 0.05) is 21.0 Å². The second kappa shape index (κ2) is 9.78. The highest BCUT2D eigenvalue weighted by Crippen LogP contribution is 2.36. The second-order valence-electron chi connectivity index (χ2n) is 8.20. The van der Waals surface area contributed by atoms with Crippen molar-refractivity contribution in [3.05, 3.63) is 81.0 Å². The van der Waals surface area contributed by atoms with Crippen LogP contribution >= 0.6 is 27.7 Å². The lowest BCUT2D eigenvalue weighted by atomic mass is 10.1. The van der Waals surface area contributed by atoms with Crippen LogP contribution in [0.4, 0.5) is 13.2 Å². The van der Waals surface area contributed by atoms with Crippen molar-refractivity contribution in [3.8, 4) is 11.3 Å². The van der Waals surface area contributed by atoms with E-state index in [4.69, 9.17) is 9.41 Å². The van der Waals surface area contributed by atoms with E-state index < -0.39 is 17.9 Å². The molecule has 0 fully saturated rings. The summed E-state index contributed by atoms with van der Waals surface area (Å²) < 4.78 is 46.4. The number of alkyl halides is 3. The molecular weight excluding hydrogens is 557 g/mol. The van der Waals surface area contributed by atoms with Crippen LogP contribution in [0.3, 0.4) is 0 Å². The van der Waals surface area contributed by atoms with E-state index >= 15 is 0 Å². The predicted molar refractivity (Wildman–Crippen MR) is 135 cm³/mol. The number of furan rings is 1.